The van der Waals surface area contributed by atoms with E-state index in [9.17, 15) is 9.59 Å². The number of rotatable bonds is 4. The average Bonchev–Trinajstić information content (AvgIpc) is 2.86. The van der Waals surface area contributed by atoms with Gasteiger partial charge in [0.1, 0.15) is 6.07 Å². The minimum absolute atomic E-state index is 0.0351. The van der Waals surface area contributed by atoms with Crippen LogP contribution in [0.15, 0.2) is 18.3 Å². The molecule has 0 saturated carbocycles. The molecule has 0 radical (unpaired) electrons. The molecule has 3 rings (SSSR count). The molecule has 2 aliphatic rings. The molecule has 2 atom stereocenters. The topological polar surface area (TPSA) is 113 Å². The van der Waals surface area contributed by atoms with Crippen LogP contribution in [0.1, 0.15) is 38.7 Å². The monoisotopic (exact) mass is 385 g/mol. The molecule has 3 amide bonds. The molecule has 3 heterocycles. The van der Waals surface area contributed by atoms with Crippen LogP contribution in [-0.2, 0) is 4.79 Å². The van der Waals surface area contributed by atoms with E-state index in [2.05, 4.69) is 4.98 Å². The SMILES string of the molecule is CC1(C)C(=O)N(C2CCCN(C(N)=O)CC2)C[C@@H]1COc1ccc(C#N)cn1. The van der Waals surface area contributed by atoms with Crippen molar-refractivity contribution in [3.8, 4) is 11.9 Å². The average molecular weight is 385 g/mol. The van der Waals surface area contributed by atoms with Crippen LogP contribution in [-0.4, -0.2) is 59.0 Å². The summed E-state index contributed by atoms with van der Waals surface area (Å²) in [6, 6.07) is 5.08. The van der Waals surface area contributed by atoms with E-state index in [4.69, 9.17) is 15.7 Å². The van der Waals surface area contributed by atoms with Crippen molar-refractivity contribution < 1.29 is 14.3 Å². The first-order chi connectivity index (χ1) is 13.3. The number of primary amides is 1. The molecule has 0 aromatic carbocycles. The van der Waals surface area contributed by atoms with Crippen molar-refractivity contribution in [1.29, 1.82) is 5.26 Å². The van der Waals surface area contributed by atoms with Crippen LogP contribution in [0.5, 0.6) is 5.88 Å². The summed E-state index contributed by atoms with van der Waals surface area (Å²) >= 11 is 0. The van der Waals surface area contributed by atoms with Crippen molar-refractivity contribution in [2.75, 3.05) is 26.2 Å². The summed E-state index contributed by atoms with van der Waals surface area (Å²) in [6.07, 6.45) is 3.93. The zero-order valence-corrected chi connectivity index (χ0v) is 16.4. The number of hydrogen-bond donors (Lipinski definition) is 1. The van der Waals surface area contributed by atoms with Crippen molar-refractivity contribution in [1.82, 2.24) is 14.8 Å². The summed E-state index contributed by atoms with van der Waals surface area (Å²) in [5, 5.41) is 8.85. The van der Waals surface area contributed by atoms with Gasteiger partial charge in [0, 0.05) is 43.9 Å². The fourth-order valence-electron chi connectivity index (χ4n) is 4.00. The summed E-state index contributed by atoms with van der Waals surface area (Å²) in [5.41, 5.74) is 5.36. The lowest BCUT2D eigenvalue weighted by atomic mass is 9.82. The van der Waals surface area contributed by atoms with Crippen LogP contribution in [0.3, 0.4) is 0 Å². The zero-order valence-electron chi connectivity index (χ0n) is 16.4. The fraction of sp³-hybridized carbons (Fsp3) is 0.600. The first-order valence-electron chi connectivity index (χ1n) is 9.67. The van der Waals surface area contributed by atoms with Crippen LogP contribution < -0.4 is 10.5 Å². The number of aromatic nitrogens is 1. The molecule has 0 aliphatic carbocycles. The molecule has 8 heteroatoms. The second-order valence-corrected chi connectivity index (χ2v) is 8.09. The highest BCUT2D eigenvalue weighted by atomic mass is 16.5. The molecule has 150 valence electrons. The number of likely N-dealkylation sites (tertiary alicyclic amines) is 2. The summed E-state index contributed by atoms with van der Waals surface area (Å²) < 4.78 is 5.81. The van der Waals surface area contributed by atoms with Crippen molar-refractivity contribution in [3.63, 3.8) is 0 Å². The van der Waals surface area contributed by atoms with Crippen molar-refractivity contribution in [3.05, 3.63) is 23.9 Å². The predicted octanol–water partition coefficient (Wildman–Crippen LogP) is 1.75. The zero-order chi connectivity index (χ0) is 20.3. The highest BCUT2D eigenvalue weighted by molar-refractivity contribution is 5.85. The maximum absolute atomic E-state index is 13.1. The smallest absolute Gasteiger partial charge is 0.314 e. The minimum atomic E-state index is -0.526. The number of nitrogens with two attached hydrogens (primary N) is 1. The third-order valence-electron chi connectivity index (χ3n) is 6.00. The maximum atomic E-state index is 13.1. The van der Waals surface area contributed by atoms with Gasteiger partial charge in [0.05, 0.1) is 17.6 Å². The fourth-order valence-corrected chi connectivity index (χ4v) is 4.00. The normalized spacial score (nSPS) is 24.5. The van der Waals surface area contributed by atoms with Crippen LogP contribution >= 0.6 is 0 Å². The Morgan fingerprint density at radius 2 is 2.18 bits per heavy atom. The highest BCUT2D eigenvalue weighted by Crippen LogP contribution is 2.39. The minimum Gasteiger partial charge on any atom is -0.477 e. The Labute approximate surface area is 165 Å². The van der Waals surface area contributed by atoms with Gasteiger partial charge in [-0.3, -0.25) is 4.79 Å². The number of carbonyl (C=O) groups is 2. The second kappa shape index (κ2) is 8.05. The number of urea groups is 1. The molecule has 2 aliphatic heterocycles. The van der Waals surface area contributed by atoms with E-state index in [1.165, 1.54) is 6.20 Å². The number of pyridine rings is 1. The number of ether oxygens (including phenoxy) is 1. The van der Waals surface area contributed by atoms with E-state index in [0.717, 1.165) is 19.3 Å². The number of nitriles is 1. The lowest BCUT2D eigenvalue weighted by Crippen LogP contribution is -2.41. The number of carbonyl (C=O) groups excluding carboxylic acids is 2. The number of amides is 3. The Balaban J connectivity index is 1.63. The van der Waals surface area contributed by atoms with E-state index in [1.54, 1.807) is 17.0 Å². The molecule has 0 bridgehead atoms. The van der Waals surface area contributed by atoms with Crippen LogP contribution in [0, 0.1) is 22.7 Å². The Morgan fingerprint density at radius 1 is 1.39 bits per heavy atom. The van der Waals surface area contributed by atoms with Crippen LogP contribution in [0.4, 0.5) is 4.79 Å². The van der Waals surface area contributed by atoms with E-state index in [-0.39, 0.29) is 17.9 Å². The molecule has 1 aromatic heterocycles. The Hall–Kier alpha value is -2.82. The summed E-state index contributed by atoms with van der Waals surface area (Å²) in [5.74, 6) is 0.617. The largest absolute Gasteiger partial charge is 0.477 e. The van der Waals surface area contributed by atoms with Gasteiger partial charge in [-0.25, -0.2) is 9.78 Å². The second-order valence-electron chi connectivity index (χ2n) is 8.09. The Bertz CT molecular complexity index is 771. The van der Waals surface area contributed by atoms with E-state index < -0.39 is 11.4 Å². The molecule has 0 spiro atoms. The van der Waals surface area contributed by atoms with Crippen LogP contribution in [0.2, 0.25) is 0 Å². The van der Waals surface area contributed by atoms with E-state index in [0.29, 0.717) is 37.7 Å². The van der Waals surface area contributed by atoms with Crippen molar-refractivity contribution in [2.45, 2.75) is 39.2 Å². The molecule has 1 unspecified atom stereocenters. The van der Waals surface area contributed by atoms with Gasteiger partial charge in [-0.2, -0.15) is 5.26 Å². The van der Waals surface area contributed by atoms with Gasteiger partial charge in [0.2, 0.25) is 11.8 Å². The summed E-state index contributed by atoms with van der Waals surface area (Å²) in [4.78, 5) is 32.3. The standard InChI is InChI=1S/C20H27N5O3/c1-20(2)15(13-28-17-6-5-14(10-21)11-23-17)12-25(18(20)26)16-4-3-8-24(9-7-16)19(22)27/h5-6,11,15-16H,3-4,7-9,12-13H2,1-2H3,(H2,22,27)/t15-,16?/m1/s1. The predicted molar refractivity (Wildman–Crippen MR) is 102 cm³/mol. The first-order valence-corrected chi connectivity index (χ1v) is 9.67. The number of nitrogens with zero attached hydrogens (tertiary/aromatic N) is 4. The molecular formula is C20H27N5O3. The highest BCUT2D eigenvalue weighted by Gasteiger charge is 2.49. The molecule has 1 aromatic rings. The van der Waals surface area contributed by atoms with Gasteiger partial charge < -0.3 is 20.3 Å². The van der Waals surface area contributed by atoms with Gasteiger partial charge in [0.15, 0.2) is 0 Å². The van der Waals surface area contributed by atoms with Gasteiger partial charge >= 0.3 is 6.03 Å². The van der Waals surface area contributed by atoms with Crippen molar-refractivity contribution in [2.24, 2.45) is 17.1 Å². The lowest BCUT2D eigenvalue weighted by molar-refractivity contribution is -0.137. The lowest BCUT2D eigenvalue weighted by Gasteiger charge is -2.28. The quantitative estimate of drug-likeness (QED) is 0.848. The molecular weight excluding hydrogens is 358 g/mol. The Morgan fingerprint density at radius 3 is 2.82 bits per heavy atom. The van der Waals surface area contributed by atoms with Gasteiger partial charge in [-0.05, 0) is 25.3 Å². The maximum Gasteiger partial charge on any atom is 0.314 e. The summed E-state index contributed by atoms with van der Waals surface area (Å²) in [7, 11) is 0. The molecule has 2 saturated heterocycles. The van der Waals surface area contributed by atoms with Crippen molar-refractivity contribution >= 4 is 11.9 Å². The molecule has 28 heavy (non-hydrogen) atoms. The molecule has 8 nitrogen and oxygen atoms in total. The first kappa shape index (κ1) is 19.9. The van der Waals surface area contributed by atoms with E-state index in [1.807, 2.05) is 24.8 Å². The molecule has 2 fully saturated rings. The third kappa shape index (κ3) is 4.03. The van der Waals surface area contributed by atoms with Gasteiger partial charge in [0.25, 0.3) is 0 Å². The van der Waals surface area contributed by atoms with E-state index >= 15 is 0 Å². The van der Waals surface area contributed by atoms with Gasteiger partial charge in [-0.15, -0.1) is 0 Å². The number of hydrogen-bond acceptors (Lipinski definition) is 5. The Kier molecular flexibility index (Phi) is 5.73. The van der Waals surface area contributed by atoms with Gasteiger partial charge in [-0.1, -0.05) is 13.8 Å². The third-order valence-corrected chi connectivity index (χ3v) is 6.00. The summed E-state index contributed by atoms with van der Waals surface area (Å²) in [6.45, 7) is 6.16. The van der Waals surface area contributed by atoms with Crippen LogP contribution in [0.25, 0.3) is 0 Å². The molecule has 2 N–H and O–H groups in total.